The summed E-state index contributed by atoms with van der Waals surface area (Å²) in [6.45, 7) is 5.59. The molecule has 4 rings (SSSR count). The summed E-state index contributed by atoms with van der Waals surface area (Å²) in [7, 11) is 0. The Morgan fingerprint density at radius 1 is 1.11 bits per heavy atom. The molecule has 28 heavy (non-hydrogen) atoms. The van der Waals surface area contributed by atoms with Crippen LogP contribution in [0.5, 0.6) is 0 Å². The Morgan fingerprint density at radius 2 is 1.93 bits per heavy atom. The van der Waals surface area contributed by atoms with E-state index in [1.165, 1.54) is 0 Å². The first-order valence-corrected chi connectivity index (χ1v) is 10.3. The number of hydrogen-bond donors (Lipinski definition) is 0. The zero-order chi connectivity index (χ0) is 19.5. The van der Waals surface area contributed by atoms with Crippen LogP contribution >= 0.6 is 11.6 Å². The first kappa shape index (κ1) is 19.0. The molecular weight excluding hydrogens is 374 g/mol. The minimum Gasteiger partial charge on any atom is -0.369 e. The van der Waals surface area contributed by atoms with Gasteiger partial charge in [-0.2, -0.15) is 5.26 Å². The third-order valence-corrected chi connectivity index (χ3v) is 5.88. The molecular formula is C21H24ClN5O. The molecule has 7 heteroatoms. The minimum absolute atomic E-state index is 0.241. The summed E-state index contributed by atoms with van der Waals surface area (Å²) in [6, 6.07) is 7.88. The number of pyridine rings is 1. The van der Waals surface area contributed by atoms with E-state index in [1.54, 1.807) is 6.20 Å². The summed E-state index contributed by atoms with van der Waals surface area (Å²) < 4.78 is 0. The summed E-state index contributed by atoms with van der Waals surface area (Å²) in [4.78, 5) is 23.4. The number of nitriles is 1. The molecule has 3 heterocycles. The van der Waals surface area contributed by atoms with Gasteiger partial charge in [0.1, 0.15) is 6.07 Å². The van der Waals surface area contributed by atoms with E-state index in [9.17, 15) is 10.1 Å². The van der Waals surface area contributed by atoms with E-state index >= 15 is 0 Å². The number of hydrogen-bond acceptors (Lipinski definition) is 5. The summed E-state index contributed by atoms with van der Waals surface area (Å²) in [5.41, 5.74) is 2.31. The zero-order valence-electron chi connectivity index (χ0n) is 15.9. The van der Waals surface area contributed by atoms with Crippen molar-refractivity contribution in [2.75, 3.05) is 50.7 Å². The van der Waals surface area contributed by atoms with Crippen LogP contribution in [0.2, 0.25) is 5.02 Å². The SMILES string of the molecule is N#Cc1cnc2ccc(Cl)cc2c1N1CCCN(CC(=O)N2CCCC2)CC1. The van der Waals surface area contributed by atoms with Gasteiger partial charge < -0.3 is 9.80 Å². The van der Waals surface area contributed by atoms with Crippen molar-refractivity contribution < 1.29 is 4.79 Å². The van der Waals surface area contributed by atoms with Crippen LogP contribution in [0.15, 0.2) is 24.4 Å². The predicted octanol–water partition coefficient (Wildman–Crippen LogP) is 2.89. The largest absolute Gasteiger partial charge is 0.369 e. The van der Waals surface area contributed by atoms with Gasteiger partial charge in [0.05, 0.1) is 23.3 Å². The molecule has 0 saturated carbocycles. The molecule has 2 fully saturated rings. The molecule has 0 radical (unpaired) electrons. The first-order chi connectivity index (χ1) is 13.7. The summed E-state index contributed by atoms with van der Waals surface area (Å²) in [5, 5.41) is 11.2. The highest BCUT2D eigenvalue weighted by Gasteiger charge is 2.24. The van der Waals surface area contributed by atoms with Gasteiger partial charge in [0.25, 0.3) is 0 Å². The van der Waals surface area contributed by atoms with Crippen LogP contribution in [0.25, 0.3) is 10.9 Å². The zero-order valence-corrected chi connectivity index (χ0v) is 16.7. The van der Waals surface area contributed by atoms with E-state index in [2.05, 4.69) is 20.9 Å². The van der Waals surface area contributed by atoms with E-state index in [0.29, 0.717) is 17.1 Å². The number of halogens is 1. The molecule has 1 amide bonds. The predicted molar refractivity (Wildman–Crippen MR) is 111 cm³/mol. The van der Waals surface area contributed by atoms with Crippen molar-refractivity contribution in [3.8, 4) is 6.07 Å². The highest BCUT2D eigenvalue weighted by molar-refractivity contribution is 6.31. The second-order valence-electron chi connectivity index (χ2n) is 7.50. The van der Waals surface area contributed by atoms with Gasteiger partial charge in [0.15, 0.2) is 0 Å². The Labute approximate surface area is 170 Å². The van der Waals surface area contributed by atoms with E-state index < -0.39 is 0 Å². The number of amides is 1. The number of likely N-dealkylation sites (tertiary alicyclic amines) is 1. The van der Waals surface area contributed by atoms with Crippen molar-refractivity contribution >= 4 is 34.1 Å². The van der Waals surface area contributed by atoms with E-state index in [-0.39, 0.29) is 5.91 Å². The van der Waals surface area contributed by atoms with Crippen molar-refractivity contribution in [2.24, 2.45) is 0 Å². The number of rotatable bonds is 3. The second kappa shape index (κ2) is 8.34. The quantitative estimate of drug-likeness (QED) is 0.796. The first-order valence-electron chi connectivity index (χ1n) is 9.89. The summed E-state index contributed by atoms with van der Waals surface area (Å²) >= 11 is 6.22. The summed E-state index contributed by atoms with van der Waals surface area (Å²) in [5.74, 6) is 0.241. The molecule has 0 unspecified atom stereocenters. The monoisotopic (exact) mass is 397 g/mol. The normalized spacial score (nSPS) is 18.3. The van der Waals surface area contributed by atoms with Gasteiger partial charge in [0.2, 0.25) is 5.91 Å². The molecule has 0 aliphatic carbocycles. The fourth-order valence-corrected chi connectivity index (χ4v) is 4.36. The smallest absolute Gasteiger partial charge is 0.236 e. The number of aromatic nitrogens is 1. The van der Waals surface area contributed by atoms with E-state index in [1.807, 2.05) is 23.1 Å². The fourth-order valence-electron chi connectivity index (χ4n) is 4.18. The van der Waals surface area contributed by atoms with Crippen molar-refractivity contribution in [2.45, 2.75) is 19.3 Å². The molecule has 0 atom stereocenters. The van der Waals surface area contributed by atoms with Crippen LogP contribution in [0.4, 0.5) is 5.69 Å². The van der Waals surface area contributed by atoms with Crippen LogP contribution in [0.3, 0.4) is 0 Å². The lowest BCUT2D eigenvalue weighted by molar-refractivity contribution is -0.131. The number of carbonyl (C=O) groups excluding carboxylic acids is 1. The maximum absolute atomic E-state index is 12.5. The number of carbonyl (C=O) groups is 1. The van der Waals surface area contributed by atoms with Crippen LogP contribution in [-0.4, -0.2) is 66.5 Å². The van der Waals surface area contributed by atoms with Crippen molar-refractivity contribution in [3.63, 3.8) is 0 Å². The molecule has 0 bridgehead atoms. The lowest BCUT2D eigenvalue weighted by atomic mass is 10.1. The molecule has 2 aliphatic heterocycles. The fraction of sp³-hybridized carbons (Fsp3) is 0.476. The maximum atomic E-state index is 12.5. The molecule has 2 aliphatic rings. The third-order valence-electron chi connectivity index (χ3n) is 5.64. The Bertz CT molecular complexity index is 919. The van der Waals surface area contributed by atoms with Gasteiger partial charge in [-0.3, -0.25) is 14.7 Å². The molecule has 2 saturated heterocycles. The lowest BCUT2D eigenvalue weighted by Crippen LogP contribution is -2.40. The van der Waals surface area contributed by atoms with E-state index in [0.717, 1.165) is 75.1 Å². The van der Waals surface area contributed by atoms with Gasteiger partial charge in [0, 0.05) is 55.9 Å². The number of benzene rings is 1. The van der Waals surface area contributed by atoms with Crippen LogP contribution in [-0.2, 0) is 4.79 Å². The Morgan fingerprint density at radius 3 is 2.71 bits per heavy atom. The molecule has 1 aromatic carbocycles. The maximum Gasteiger partial charge on any atom is 0.236 e. The second-order valence-corrected chi connectivity index (χ2v) is 7.93. The standard InChI is InChI=1S/C21H24ClN5O/c22-17-4-5-19-18(12-17)21(16(13-23)14-24-19)27-9-3-6-25(10-11-27)15-20(28)26-7-1-2-8-26/h4-5,12,14H,1-3,6-11,15H2. The topological polar surface area (TPSA) is 63.5 Å². The van der Waals surface area contributed by atoms with Gasteiger partial charge in [-0.15, -0.1) is 0 Å². The van der Waals surface area contributed by atoms with Gasteiger partial charge in [-0.25, -0.2) is 0 Å². The molecule has 146 valence electrons. The Hall–Kier alpha value is -2.36. The van der Waals surface area contributed by atoms with Crippen molar-refractivity contribution in [1.29, 1.82) is 5.26 Å². The van der Waals surface area contributed by atoms with Gasteiger partial charge in [-0.1, -0.05) is 11.6 Å². The van der Waals surface area contributed by atoms with Gasteiger partial charge in [-0.05, 0) is 37.5 Å². The molecule has 0 N–H and O–H groups in total. The average Bonchev–Trinajstić information content (AvgIpc) is 3.15. The van der Waals surface area contributed by atoms with Crippen LogP contribution in [0, 0.1) is 11.3 Å². The third kappa shape index (κ3) is 3.91. The number of anilines is 1. The van der Waals surface area contributed by atoms with Crippen LogP contribution < -0.4 is 4.90 Å². The highest BCUT2D eigenvalue weighted by Crippen LogP contribution is 2.32. The number of nitrogens with zero attached hydrogens (tertiary/aromatic N) is 5. The van der Waals surface area contributed by atoms with Crippen molar-refractivity contribution in [1.82, 2.24) is 14.8 Å². The summed E-state index contributed by atoms with van der Waals surface area (Å²) in [6.07, 6.45) is 4.83. The number of fused-ring (bicyclic) bond motifs is 1. The average molecular weight is 398 g/mol. The minimum atomic E-state index is 0.241. The molecule has 6 nitrogen and oxygen atoms in total. The van der Waals surface area contributed by atoms with Crippen molar-refractivity contribution in [3.05, 3.63) is 35.0 Å². The molecule has 1 aromatic heterocycles. The Balaban J connectivity index is 1.53. The van der Waals surface area contributed by atoms with Gasteiger partial charge >= 0.3 is 0 Å². The van der Waals surface area contributed by atoms with Crippen LogP contribution in [0.1, 0.15) is 24.8 Å². The van der Waals surface area contributed by atoms with E-state index in [4.69, 9.17) is 11.6 Å². The highest BCUT2D eigenvalue weighted by atomic mass is 35.5. The molecule has 2 aromatic rings. The lowest BCUT2D eigenvalue weighted by Gasteiger charge is -2.26. The molecule has 0 spiro atoms. The Kier molecular flexibility index (Phi) is 5.65.